The molecule has 90 valence electrons. The van der Waals surface area contributed by atoms with Crippen molar-refractivity contribution in [2.45, 2.75) is 13.8 Å². The van der Waals surface area contributed by atoms with E-state index in [0.29, 0.717) is 11.5 Å². The molecule has 0 aromatic carbocycles. The molecule has 0 amide bonds. The van der Waals surface area contributed by atoms with Crippen LogP contribution in [-0.4, -0.2) is 17.6 Å². The molecule has 2 rings (SSSR count). The summed E-state index contributed by atoms with van der Waals surface area (Å²) in [6, 6.07) is 3.96. The summed E-state index contributed by atoms with van der Waals surface area (Å²) >= 11 is 6.39. The third-order valence-corrected chi connectivity index (χ3v) is 4.97. The Balaban J connectivity index is 2.33. The first kappa shape index (κ1) is 12.7. The first-order valence-electron chi connectivity index (χ1n) is 5.02. The monoisotopic (exact) mass is 331 g/mol. The highest BCUT2D eigenvalue weighted by Crippen LogP contribution is 2.35. The van der Waals surface area contributed by atoms with Crippen LogP contribution in [0.25, 0.3) is 9.88 Å². The average molecular weight is 332 g/mol. The van der Waals surface area contributed by atoms with Crippen LogP contribution in [0.2, 0.25) is 0 Å². The van der Waals surface area contributed by atoms with Gasteiger partial charge in [-0.3, -0.25) is 0 Å². The first-order valence-corrected chi connectivity index (χ1v) is 7.44. The van der Waals surface area contributed by atoms with Crippen LogP contribution in [0.3, 0.4) is 0 Å². The molecule has 0 aliphatic rings. The number of hydrogen-bond acceptors (Lipinski definition) is 5. The predicted octanol–water partition coefficient (Wildman–Crippen LogP) is 4.12. The summed E-state index contributed by atoms with van der Waals surface area (Å²) in [7, 11) is 0. The molecule has 0 atom stereocenters. The van der Waals surface area contributed by atoms with Crippen LogP contribution in [0.1, 0.15) is 22.3 Å². The predicted molar refractivity (Wildman–Crippen MR) is 73.8 cm³/mol. The fraction of sp³-hybridized carbons (Fsp3) is 0.273. The topological polar surface area (TPSA) is 39.2 Å². The summed E-state index contributed by atoms with van der Waals surface area (Å²) in [6.07, 6.45) is 0. The van der Waals surface area contributed by atoms with Crippen molar-refractivity contribution in [3.8, 4) is 9.88 Å². The molecule has 3 nitrogen and oxygen atoms in total. The van der Waals surface area contributed by atoms with Gasteiger partial charge in [-0.25, -0.2) is 9.78 Å². The van der Waals surface area contributed by atoms with Crippen molar-refractivity contribution in [2.75, 3.05) is 6.61 Å². The summed E-state index contributed by atoms with van der Waals surface area (Å²) in [4.78, 5) is 17.7. The Morgan fingerprint density at radius 2 is 2.24 bits per heavy atom. The molecule has 0 spiro atoms. The zero-order valence-corrected chi connectivity index (χ0v) is 12.5. The summed E-state index contributed by atoms with van der Waals surface area (Å²) in [5.74, 6) is -0.288. The number of hydrogen-bond donors (Lipinski definition) is 0. The number of carbonyl (C=O) groups is 1. The highest BCUT2D eigenvalue weighted by Gasteiger charge is 2.17. The number of aryl methyl sites for hydroxylation is 1. The van der Waals surface area contributed by atoms with E-state index in [4.69, 9.17) is 4.74 Å². The van der Waals surface area contributed by atoms with E-state index in [1.807, 2.05) is 19.1 Å². The van der Waals surface area contributed by atoms with Gasteiger partial charge in [-0.2, -0.15) is 0 Å². The van der Waals surface area contributed by atoms with Crippen LogP contribution in [0, 0.1) is 6.92 Å². The summed E-state index contributed by atoms with van der Waals surface area (Å²) < 4.78 is 6.04. The maximum atomic E-state index is 11.7. The van der Waals surface area contributed by atoms with Gasteiger partial charge in [-0.1, -0.05) is 0 Å². The normalized spacial score (nSPS) is 10.5. The minimum atomic E-state index is -0.288. The molecule has 0 aliphatic heterocycles. The molecule has 0 saturated carbocycles. The first-order chi connectivity index (χ1) is 8.11. The van der Waals surface area contributed by atoms with Gasteiger partial charge in [0, 0.05) is 0 Å². The number of thiophene rings is 1. The molecule has 0 saturated heterocycles. The van der Waals surface area contributed by atoms with E-state index >= 15 is 0 Å². The second-order valence-corrected chi connectivity index (χ2v) is 6.72. The third kappa shape index (κ3) is 2.75. The highest BCUT2D eigenvalue weighted by atomic mass is 79.9. The van der Waals surface area contributed by atoms with Crippen LogP contribution >= 0.6 is 38.6 Å². The van der Waals surface area contributed by atoms with Crippen LogP contribution in [0.15, 0.2) is 15.9 Å². The number of carbonyl (C=O) groups excluding carboxylic acids is 1. The number of halogens is 1. The Labute approximate surface area is 116 Å². The van der Waals surface area contributed by atoms with E-state index in [1.54, 1.807) is 18.3 Å². The maximum Gasteiger partial charge on any atom is 0.350 e. The van der Waals surface area contributed by atoms with Gasteiger partial charge < -0.3 is 4.74 Å². The van der Waals surface area contributed by atoms with Gasteiger partial charge in [-0.05, 0) is 41.9 Å². The molecule has 0 bridgehead atoms. The Morgan fingerprint density at radius 1 is 1.47 bits per heavy atom. The summed E-state index contributed by atoms with van der Waals surface area (Å²) in [5, 5.41) is 0.862. The second kappa shape index (κ2) is 5.29. The highest BCUT2D eigenvalue weighted by molar-refractivity contribution is 9.11. The molecular formula is C11H10BrNO2S2. The molecule has 0 radical (unpaired) electrons. The quantitative estimate of drug-likeness (QED) is 0.794. The largest absolute Gasteiger partial charge is 0.462 e. The van der Waals surface area contributed by atoms with Gasteiger partial charge in [0.25, 0.3) is 0 Å². The summed E-state index contributed by atoms with van der Waals surface area (Å²) in [5.41, 5.74) is 0.730. The standard InChI is InChI=1S/C11H10BrNO2S2/c1-3-15-11(14)9-6(2)13-10(17-9)7-4-5-8(12)16-7/h4-5H,3H2,1-2H3. The molecule has 6 heteroatoms. The van der Waals surface area contributed by atoms with Gasteiger partial charge in [-0.15, -0.1) is 22.7 Å². The minimum Gasteiger partial charge on any atom is -0.462 e. The lowest BCUT2D eigenvalue weighted by molar-refractivity contribution is 0.0531. The smallest absolute Gasteiger partial charge is 0.350 e. The molecule has 2 aromatic heterocycles. The number of esters is 1. The van der Waals surface area contributed by atoms with Gasteiger partial charge >= 0.3 is 5.97 Å². The average Bonchev–Trinajstić information content (AvgIpc) is 2.85. The van der Waals surface area contributed by atoms with Crippen molar-refractivity contribution in [3.63, 3.8) is 0 Å². The third-order valence-electron chi connectivity index (χ3n) is 2.04. The van der Waals surface area contributed by atoms with Crippen molar-refractivity contribution >= 4 is 44.6 Å². The van der Waals surface area contributed by atoms with E-state index in [2.05, 4.69) is 20.9 Å². The minimum absolute atomic E-state index is 0.288. The number of aromatic nitrogens is 1. The zero-order valence-electron chi connectivity index (χ0n) is 9.32. The van der Waals surface area contributed by atoms with Crippen LogP contribution < -0.4 is 0 Å². The molecule has 0 unspecified atom stereocenters. The Kier molecular flexibility index (Phi) is 3.96. The lowest BCUT2D eigenvalue weighted by Crippen LogP contribution is -2.03. The van der Waals surface area contributed by atoms with E-state index in [-0.39, 0.29) is 5.97 Å². The fourth-order valence-corrected chi connectivity index (χ4v) is 3.72. The van der Waals surface area contributed by atoms with E-state index in [1.165, 1.54) is 11.3 Å². The molecule has 0 aliphatic carbocycles. The van der Waals surface area contributed by atoms with Crippen molar-refractivity contribution in [1.29, 1.82) is 0 Å². The molecule has 2 aromatic rings. The number of thiazole rings is 1. The fourth-order valence-electron chi connectivity index (χ4n) is 1.32. The van der Waals surface area contributed by atoms with E-state index < -0.39 is 0 Å². The Hall–Kier alpha value is -0.720. The van der Waals surface area contributed by atoms with Gasteiger partial charge in [0.15, 0.2) is 0 Å². The van der Waals surface area contributed by atoms with E-state index in [9.17, 15) is 4.79 Å². The van der Waals surface area contributed by atoms with Crippen molar-refractivity contribution in [1.82, 2.24) is 4.98 Å². The number of ether oxygens (including phenoxy) is 1. The van der Waals surface area contributed by atoms with Crippen molar-refractivity contribution in [3.05, 3.63) is 26.5 Å². The number of rotatable bonds is 3. The SMILES string of the molecule is CCOC(=O)c1sc(-c2ccc(Br)s2)nc1C. The lowest BCUT2D eigenvalue weighted by Gasteiger charge is -1.97. The van der Waals surface area contributed by atoms with Gasteiger partial charge in [0.2, 0.25) is 0 Å². The zero-order chi connectivity index (χ0) is 12.4. The summed E-state index contributed by atoms with van der Waals surface area (Å²) in [6.45, 7) is 4.01. The van der Waals surface area contributed by atoms with Crippen molar-refractivity contribution in [2.24, 2.45) is 0 Å². The Bertz CT molecular complexity index is 547. The van der Waals surface area contributed by atoms with Gasteiger partial charge in [0.1, 0.15) is 9.88 Å². The van der Waals surface area contributed by atoms with Gasteiger partial charge in [0.05, 0.1) is 21.0 Å². The molecule has 0 N–H and O–H groups in total. The second-order valence-electron chi connectivity index (χ2n) is 3.26. The van der Waals surface area contributed by atoms with E-state index in [0.717, 1.165) is 19.4 Å². The molecule has 0 fully saturated rings. The number of nitrogens with zero attached hydrogens (tertiary/aromatic N) is 1. The Morgan fingerprint density at radius 3 is 2.82 bits per heavy atom. The van der Waals surface area contributed by atoms with Crippen LogP contribution in [0.4, 0.5) is 0 Å². The van der Waals surface area contributed by atoms with Crippen molar-refractivity contribution < 1.29 is 9.53 Å². The molecule has 2 heterocycles. The van der Waals surface area contributed by atoms with Crippen LogP contribution in [-0.2, 0) is 4.74 Å². The lowest BCUT2D eigenvalue weighted by atomic mass is 10.4. The molecular weight excluding hydrogens is 322 g/mol. The van der Waals surface area contributed by atoms with Crippen LogP contribution in [0.5, 0.6) is 0 Å². The molecule has 17 heavy (non-hydrogen) atoms. The maximum absolute atomic E-state index is 11.7.